The molecule has 0 radical (unpaired) electrons. The third-order valence-corrected chi connectivity index (χ3v) is 3.78. The van der Waals surface area contributed by atoms with Crippen molar-refractivity contribution in [2.24, 2.45) is 5.73 Å². The molecule has 1 atom stereocenters. The van der Waals surface area contributed by atoms with Crippen LogP contribution in [0.2, 0.25) is 0 Å². The number of hydrogen-bond acceptors (Lipinski definition) is 2. The number of rotatable bonds is 5. The Kier molecular flexibility index (Phi) is 4.90. The minimum atomic E-state index is 0.315. The van der Waals surface area contributed by atoms with Crippen LogP contribution in [0.3, 0.4) is 0 Å². The number of likely N-dealkylation sites (tertiary alicyclic amines) is 1. The zero-order valence-corrected chi connectivity index (χ0v) is 9.89. The van der Waals surface area contributed by atoms with Crippen molar-refractivity contribution >= 4 is 0 Å². The van der Waals surface area contributed by atoms with Crippen LogP contribution in [0.4, 0.5) is 0 Å². The van der Waals surface area contributed by atoms with Crippen LogP contribution in [-0.2, 0) is 0 Å². The van der Waals surface area contributed by atoms with Crippen molar-refractivity contribution in [1.82, 2.24) is 4.90 Å². The molecule has 1 saturated heterocycles. The van der Waals surface area contributed by atoms with Crippen LogP contribution in [0.15, 0.2) is 0 Å². The standard InChI is InChI=1S/C12H26N2/c1-3-8-12(4-2,11-13)14-9-6-5-7-10-14/h3-11,13H2,1-2H3. The summed E-state index contributed by atoms with van der Waals surface area (Å²) in [5.41, 5.74) is 6.31. The lowest BCUT2D eigenvalue weighted by Gasteiger charge is -2.45. The minimum absolute atomic E-state index is 0.315. The van der Waals surface area contributed by atoms with Gasteiger partial charge in [0.25, 0.3) is 0 Å². The first-order valence-electron chi connectivity index (χ1n) is 6.24. The summed E-state index contributed by atoms with van der Waals surface area (Å²) in [5.74, 6) is 0. The Balaban J connectivity index is 2.62. The maximum atomic E-state index is 5.99. The second kappa shape index (κ2) is 5.72. The number of piperidine rings is 1. The number of hydrogen-bond donors (Lipinski definition) is 1. The molecule has 0 aromatic carbocycles. The molecular formula is C12H26N2. The van der Waals surface area contributed by atoms with E-state index in [0.29, 0.717) is 5.54 Å². The fraction of sp³-hybridized carbons (Fsp3) is 1.00. The molecule has 0 spiro atoms. The van der Waals surface area contributed by atoms with Crippen LogP contribution in [0.25, 0.3) is 0 Å². The van der Waals surface area contributed by atoms with Gasteiger partial charge >= 0.3 is 0 Å². The first kappa shape index (κ1) is 12.0. The van der Waals surface area contributed by atoms with Crippen molar-refractivity contribution in [2.45, 2.75) is 57.9 Å². The molecule has 1 heterocycles. The highest BCUT2D eigenvalue weighted by molar-refractivity contribution is 4.91. The van der Waals surface area contributed by atoms with E-state index in [0.717, 1.165) is 6.54 Å². The predicted molar refractivity (Wildman–Crippen MR) is 62.4 cm³/mol. The topological polar surface area (TPSA) is 29.3 Å². The van der Waals surface area contributed by atoms with Gasteiger partial charge < -0.3 is 5.73 Å². The van der Waals surface area contributed by atoms with Gasteiger partial charge in [-0.25, -0.2) is 0 Å². The third-order valence-electron chi connectivity index (χ3n) is 3.78. The summed E-state index contributed by atoms with van der Waals surface area (Å²) in [6, 6.07) is 0. The van der Waals surface area contributed by atoms with Gasteiger partial charge in [-0.3, -0.25) is 4.90 Å². The van der Waals surface area contributed by atoms with Gasteiger partial charge in [0.15, 0.2) is 0 Å². The van der Waals surface area contributed by atoms with Crippen molar-refractivity contribution in [2.75, 3.05) is 19.6 Å². The molecule has 1 fully saturated rings. The number of nitrogens with two attached hydrogens (primary N) is 1. The fourth-order valence-corrected chi connectivity index (χ4v) is 2.77. The second-order valence-corrected chi connectivity index (χ2v) is 4.58. The van der Waals surface area contributed by atoms with Crippen LogP contribution >= 0.6 is 0 Å². The van der Waals surface area contributed by atoms with Gasteiger partial charge in [0.1, 0.15) is 0 Å². The van der Waals surface area contributed by atoms with Crippen molar-refractivity contribution in [3.05, 3.63) is 0 Å². The predicted octanol–water partition coefficient (Wildman–Crippen LogP) is 2.38. The van der Waals surface area contributed by atoms with E-state index in [1.807, 2.05) is 0 Å². The van der Waals surface area contributed by atoms with Crippen LogP contribution in [0.1, 0.15) is 52.4 Å². The lowest BCUT2D eigenvalue weighted by Crippen LogP contribution is -2.55. The van der Waals surface area contributed by atoms with Crippen LogP contribution < -0.4 is 5.73 Å². The van der Waals surface area contributed by atoms with E-state index in [4.69, 9.17) is 5.73 Å². The SMILES string of the molecule is CCCC(CC)(CN)N1CCCCC1. The van der Waals surface area contributed by atoms with Crippen LogP contribution in [0.5, 0.6) is 0 Å². The summed E-state index contributed by atoms with van der Waals surface area (Å²) in [7, 11) is 0. The summed E-state index contributed by atoms with van der Waals surface area (Å²) < 4.78 is 0. The van der Waals surface area contributed by atoms with E-state index >= 15 is 0 Å². The summed E-state index contributed by atoms with van der Waals surface area (Å²) >= 11 is 0. The summed E-state index contributed by atoms with van der Waals surface area (Å²) in [4.78, 5) is 2.65. The van der Waals surface area contributed by atoms with Gasteiger partial charge in [-0.2, -0.15) is 0 Å². The number of nitrogens with zero attached hydrogens (tertiary/aromatic N) is 1. The molecule has 0 aliphatic carbocycles. The average Bonchev–Trinajstić information content (AvgIpc) is 2.27. The van der Waals surface area contributed by atoms with E-state index in [9.17, 15) is 0 Å². The first-order valence-corrected chi connectivity index (χ1v) is 6.24. The zero-order chi connectivity index (χ0) is 10.4. The molecule has 1 aliphatic rings. The molecule has 2 heteroatoms. The van der Waals surface area contributed by atoms with E-state index in [-0.39, 0.29) is 0 Å². The summed E-state index contributed by atoms with van der Waals surface area (Å²) in [5, 5.41) is 0. The molecular weight excluding hydrogens is 172 g/mol. The highest BCUT2D eigenvalue weighted by Gasteiger charge is 2.33. The van der Waals surface area contributed by atoms with Gasteiger partial charge in [-0.15, -0.1) is 0 Å². The van der Waals surface area contributed by atoms with Gasteiger partial charge in [-0.05, 0) is 38.8 Å². The Morgan fingerprint density at radius 3 is 2.21 bits per heavy atom. The van der Waals surface area contributed by atoms with E-state index in [1.54, 1.807) is 0 Å². The molecule has 0 amide bonds. The van der Waals surface area contributed by atoms with Crippen molar-refractivity contribution in [1.29, 1.82) is 0 Å². The van der Waals surface area contributed by atoms with Gasteiger partial charge in [-0.1, -0.05) is 26.7 Å². The molecule has 2 nitrogen and oxygen atoms in total. The average molecular weight is 198 g/mol. The quantitative estimate of drug-likeness (QED) is 0.735. The summed E-state index contributed by atoms with van der Waals surface area (Å²) in [6.45, 7) is 7.93. The molecule has 1 rings (SSSR count). The first-order chi connectivity index (χ1) is 6.79. The van der Waals surface area contributed by atoms with E-state index in [1.165, 1.54) is 51.6 Å². The van der Waals surface area contributed by atoms with Crippen LogP contribution in [-0.4, -0.2) is 30.1 Å². The molecule has 1 unspecified atom stereocenters. The Morgan fingerprint density at radius 2 is 1.79 bits per heavy atom. The smallest absolute Gasteiger partial charge is 0.0329 e. The molecule has 0 aromatic heterocycles. The van der Waals surface area contributed by atoms with Crippen molar-refractivity contribution in [3.63, 3.8) is 0 Å². The fourth-order valence-electron chi connectivity index (χ4n) is 2.77. The van der Waals surface area contributed by atoms with E-state index in [2.05, 4.69) is 18.7 Å². The van der Waals surface area contributed by atoms with Gasteiger partial charge in [0.05, 0.1) is 0 Å². The van der Waals surface area contributed by atoms with Crippen molar-refractivity contribution in [3.8, 4) is 0 Å². The van der Waals surface area contributed by atoms with Gasteiger partial charge in [0.2, 0.25) is 0 Å². The molecule has 14 heavy (non-hydrogen) atoms. The lowest BCUT2D eigenvalue weighted by atomic mass is 9.87. The monoisotopic (exact) mass is 198 g/mol. The van der Waals surface area contributed by atoms with Crippen molar-refractivity contribution < 1.29 is 0 Å². The lowest BCUT2D eigenvalue weighted by molar-refractivity contribution is 0.0602. The highest BCUT2D eigenvalue weighted by atomic mass is 15.2. The summed E-state index contributed by atoms with van der Waals surface area (Å²) in [6.07, 6.45) is 7.86. The Labute approximate surface area is 88.8 Å². The second-order valence-electron chi connectivity index (χ2n) is 4.58. The molecule has 0 aromatic rings. The Hall–Kier alpha value is -0.0800. The maximum absolute atomic E-state index is 5.99. The molecule has 84 valence electrons. The minimum Gasteiger partial charge on any atom is -0.329 e. The third kappa shape index (κ3) is 2.48. The van der Waals surface area contributed by atoms with E-state index < -0.39 is 0 Å². The molecule has 1 aliphatic heterocycles. The molecule has 0 saturated carbocycles. The Bertz CT molecular complexity index is 146. The maximum Gasteiger partial charge on any atom is 0.0329 e. The van der Waals surface area contributed by atoms with Crippen LogP contribution in [0, 0.1) is 0 Å². The zero-order valence-electron chi connectivity index (χ0n) is 9.89. The highest BCUT2D eigenvalue weighted by Crippen LogP contribution is 2.27. The molecule has 2 N–H and O–H groups in total. The normalized spacial score (nSPS) is 23.4. The molecule has 0 bridgehead atoms. The largest absolute Gasteiger partial charge is 0.329 e. The Morgan fingerprint density at radius 1 is 1.14 bits per heavy atom. The van der Waals surface area contributed by atoms with Gasteiger partial charge in [0, 0.05) is 12.1 Å².